The highest BCUT2D eigenvalue weighted by atomic mass is 16.5. The smallest absolute Gasteiger partial charge is 0.226 e. The molecule has 124 valence electrons. The van der Waals surface area contributed by atoms with Gasteiger partial charge in [-0.05, 0) is 32.4 Å². The molecule has 0 atom stereocenters. The van der Waals surface area contributed by atoms with E-state index in [-0.39, 0.29) is 5.91 Å². The summed E-state index contributed by atoms with van der Waals surface area (Å²) in [5, 5.41) is 4.36. The number of aryl methyl sites for hydroxylation is 3. The second-order valence-electron chi connectivity index (χ2n) is 5.88. The first-order valence-corrected chi connectivity index (χ1v) is 7.81. The number of benzene rings is 1. The molecule has 1 aromatic carbocycles. The van der Waals surface area contributed by atoms with Gasteiger partial charge < -0.3 is 9.64 Å². The molecule has 0 aliphatic heterocycles. The first kappa shape index (κ1) is 17.1. The third-order valence-electron chi connectivity index (χ3n) is 4.19. The molecule has 0 saturated heterocycles. The van der Waals surface area contributed by atoms with E-state index in [1.54, 1.807) is 4.90 Å². The van der Waals surface area contributed by atoms with Gasteiger partial charge in [-0.25, -0.2) is 0 Å². The molecule has 1 aromatic heterocycles. The van der Waals surface area contributed by atoms with Crippen LogP contribution in [0.5, 0.6) is 5.75 Å². The minimum absolute atomic E-state index is 0.0811. The van der Waals surface area contributed by atoms with Crippen molar-refractivity contribution >= 4 is 5.91 Å². The third kappa shape index (κ3) is 4.12. The lowest BCUT2D eigenvalue weighted by atomic mass is 10.1. The molecule has 0 aliphatic carbocycles. The molecular formula is C18H25N3O2. The van der Waals surface area contributed by atoms with E-state index in [0.717, 1.165) is 28.3 Å². The number of nitrogens with zero attached hydrogens (tertiary/aromatic N) is 3. The third-order valence-corrected chi connectivity index (χ3v) is 4.19. The SMILES string of the molecule is Cc1ccccc1OCCN(C)C(=O)Cc1c(C)nn(C)c1C. The fraction of sp³-hybridized carbons (Fsp3) is 0.444. The number of hydrogen-bond acceptors (Lipinski definition) is 3. The summed E-state index contributed by atoms with van der Waals surface area (Å²) in [5.74, 6) is 0.949. The van der Waals surface area contributed by atoms with Crippen LogP contribution in [0.25, 0.3) is 0 Å². The van der Waals surface area contributed by atoms with Gasteiger partial charge in [0.1, 0.15) is 12.4 Å². The molecule has 2 rings (SSSR count). The van der Waals surface area contributed by atoms with Gasteiger partial charge in [0.2, 0.25) is 5.91 Å². The summed E-state index contributed by atoms with van der Waals surface area (Å²) in [6, 6.07) is 7.89. The van der Waals surface area contributed by atoms with E-state index < -0.39 is 0 Å². The maximum absolute atomic E-state index is 12.4. The first-order chi connectivity index (χ1) is 10.9. The molecule has 5 heteroatoms. The molecule has 0 spiro atoms. The van der Waals surface area contributed by atoms with Crippen LogP contribution >= 0.6 is 0 Å². The molecule has 2 aromatic rings. The zero-order valence-electron chi connectivity index (χ0n) is 14.6. The predicted octanol–water partition coefficient (Wildman–Crippen LogP) is 2.43. The number of carbonyl (C=O) groups is 1. The number of amides is 1. The lowest BCUT2D eigenvalue weighted by Crippen LogP contribution is -2.32. The second kappa shape index (κ2) is 7.31. The van der Waals surface area contributed by atoms with E-state index in [9.17, 15) is 4.79 Å². The Kier molecular flexibility index (Phi) is 5.42. The van der Waals surface area contributed by atoms with Gasteiger partial charge in [-0.15, -0.1) is 0 Å². The van der Waals surface area contributed by atoms with Crippen LogP contribution in [0, 0.1) is 20.8 Å². The Morgan fingerprint density at radius 2 is 1.96 bits per heavy atom. The average molecular weight is 315 g/mol. The van der Waals surface area contributed by atoms with Gasteiger partial charge in [0.15, 0.2) is 0 Å². The van der Waals surface area contributed by atoms with Crippen LogP contribution in [-0.2, 0) is 18.3 Å². The molecule has 0 saturated carbocycles. The Bertz CT molecular complexity index is 692. The van der Waals surface area contributed by atoms with Gasteiger partial charge in [0.05, 0.1) is 18.7 Å². The molecule has 5 nitrogen and oxygen atoms in total. The monoisotopic (exact) mass is 315 g/mol. The highest BCUT2D eigenvalue weighted by Crippen LogP contribution is 2.16. The van der Waals surface area contributed by atoms with Gasteiger partial charge >= 0.3 is 0 Å². The van der Waals surface area contributed by atoms with Crippen molar-refractivity contribution in [2.45, 2.75) is 27.2 Å². The van der Waals surface area contributed by atoms with Gasteiger partial charge in [-0.1, -0.05) is 18.2 Å². The van der Waals surface area contributed by atoms with Crippen molar-refractivity contribution in [2.24, 2.45) is 7.05 Å². The van der Waals surface area contributed by atoms with Gasteiger partial charge in [-0.2, -0.15) is 5.10 Å². The molecule has 0 aliphatic rings. The lowest BCUT2D eigenvalue weighted by Gasteiger charge is -2.18. The van der Waals surface area contributed by atoms with Crippen LogP contribution in [0.4, 0.5) is 0 Å². The summed E-state index contributed by atoms with van der Waals surface area (Å²) in [7, 11) is 3.71. The minimum atomic E-state index is 0.0811. The zero-order chi connectivity index (χ0) is 17.0. The first-order valence-electron chi connectivity index (χ1n) is 7.81. The Morgan fingerprint density at radius 3 is 2.57 bits per heavy atom. The van der Waals surface area contributed by atoms with E-state index in [4.69, 9.17) is 4.74 Å². The van der Waals surface area contributed by atoms with Crippen molar-refractivity contribution in [3.63, 3.8) is 0 Å². The van der Waals surface area contributed by atoms with Crippen molar-refractivity contribution in [1.29, 1.82) is 0 Å². The molecule has 0 fully saturated rings. The number of aromatic nitrogens is 2. The Hall–Kier alpha value is -2.30. The number of ether oxygens (including phenoxy) is 1. The van der Waals surface area contributed by atoms with Crippen LogP contribution < -0.4 is 4.74 Å². The molecule has 23 heavy (non-hydrogen) atoms. The molecule has 0 unspecified atom stereocenters. The fourth-order valence-electron chi connectivity index (χ4n) is 2.50. The number of rotatable bonds is 6. The van der Waals surface area contributed by atoms with Crippen molar-refractivity contribution in [3.05, 3.63) is 46.8 Å². The fourth-order valence-corrected chi connectivity index (χ4v) is 2.50. The van der Waals surface area contributed by atoms with Crippen molar-refractivity contribution < 1.29 is 9.53 Å². The summed E-state index contributed by atoms with van der Waals surface area (Å²) in [6.45, 7) is 6.99. The normalized spacial score (nSPS) is 10.7. The maximum Gasteiger partial charge on any atom is 0.226 e. The van der Waals surface area contributed by atoms with Gasteiger partial charge in [0, 0.05) is 25.4 Å². The molecular weight excluding hydrogens is 290 g/mol. The van der Waals surface area contributed by atoms with Crippen molar-refractivity contribution in [3.8, 4) is 5.75 Å². The average Bonchev–Trinajstić information content (AvgIpc) is 2.75. The van der Waals surface area contributed by atoms with E-state index in [0.29, 0.717) is 19.6 Å². The molecule has 1 amide bonds. The van der Waals surface area contributed by atoms with Crippen LogP contribution in [0.1, 0.15) is 22.5 Å². The van der Waals surface area contributed by atoms with Crippen molar-refractivity contribution in [1.82, 2.24) is 14.7 Å². The van der Waals surface area contributed by atoms with Crippen LogP contribution in [0.3, 0.4) is 0 Å². The largest absolute Gasteiger partial charge is 0.491 e. The summed E-state index contributed by atoms with van der Waals surface area (Å²) >= 11 is 0. The van der Waals surface area contributed by atoms with Crippen LogP contribution in [0.2, 0.25) is 0 Å². The quantitative estimate of drug-likeness (QED) is 0.822. The highest BCUT2D eigenvalue weighted by molar-refractivity contribution is 5.79. The van der Waals surface area contributed by atoms with E-state index >= 15 is 0 Å². The minimum Gasteiger partial charge on any atom is -0.491 e. The standard InChI is InChI=1S/C18H25N3O2/c1-13-8-6-7-9-17(13)23-11-10-20(4)18(22)12-16-14(2)19-21(5)15(16)3/h6-9H,10-12H2,1-5H3. The maximum atomic E-state index is 12.4. The summed E-state index contributed by atoms with van der Waals surface area (Å²) in [6.07, 6.45) is 0.381. The summed E-state index contributed by atoms with van der Waals surface area (Å²) in [4.78, 5) is 14.1. The zero-order valence-corrected chi connectivity index (χ0v) is 14.6. The number of para-hydroxylation sites is 1. The predicted molar refractivity (Wildman–Crippen MR) is 90.7 cm³/mol. The number of carbonyl (C=O) groups excluding carboxylic acids is 1. The van der Waals surface area contributed by atoms with Gasteiger partial charge in [-0.3, -0.25) is 9.48 Å². The summed E-state index contributed by atoms with van der Waals surface area (Å²) in [5.41, 5.74) is 4.08. The van der Waals surface area contributed by atoms with E-state index in [2.05, 4.69) is 5.10 Å². The molecule has 0 bridgehead atoms. The Labute approximate surface area is 137 Å². The summed E-state index contributed by atoms with van der Waals surface area (Å²) < 4.78 is 7.57. The van der Waals surface area contributed by atoms with Crippen LogP contribution in [0.15, 0.2) is 24.3 Å². The molecule has 0 N–H and O–H groups in total. The van der Waals surface area contributed by atoms with Gasteiger partial charge in [0.25, 0.3) is 0 Å². The molecule has 0 radical (unpaired) electrons. The molecule has 1 heterocycles. The lowest BCUT2D eigenvalue weighted by molar-refractivity contribution is -0.129. The number of likely N-dealkylation sites (N-methyl/N-ethyl adjacent to an activating group) is 1. The topological polar surface area (TPSA) is 47.4 Å². The number of hydrogen-bond donors (Lipinski definition) is 0. The van der Waals surface area contributed by atoms with E-state index in [1.165, 1.54) is 0 Å². The Morgan fingerprint density at radius 1 is 1.26 bits per heavy atom. The van der Waals surface area contributed by atoms with E-state index in [1.807, 2.05) is 63.8 Å². The highest BCUT2D eigenvalue weighted by Gasteiger charge is 2.16. The van der Waals surface area contributed by atoms with Crippen LogP contribution in [-0.4, -0.2) is 40.8 Å². The van der Waals surface area contributed by atoms with Crippen molar-refractivity contribution in [2.75, 3.05) is 20.2 Å². The second-order valence-corrected chi connectivity index (χ2v) is 5.88. The Balaban J connectivity index is 1.87.